The lowest BCUT2D eigenvalue weighted by molar-refractivity contribution is -0.117. The smallest absolute Gasteiger partial charge is 0.277 e. The second kappa shape index (κ2) is 6.36. The van der Waals surface area contributed by atoms with Crippen molar-refractivity contribution in [3.05, 3.63) is 29.8 Å². The number of anilines is 1. The van der Waals surface area contributed by atoms with Crippen LogP contribution in [0, 0.1) is 0 Å². The van der Waals surface area contributed by atoms with Gasteiger partial charge in [0.25, 0.3) is 10.2 Å². The molecule has 1 aliphatic carbocycles. The van der Waals surface area contributed by atoms with Crippen molar-refractivity contribution in [1.29, 1.82) is 0 Å². The minimum absolute atomic E-state index is 0.000106. The fraction of sp³-hybridized carbons (Fsp3) is 0.533. The highest BCUT2D eigenvalue weighted by atomic mass is 32.2. The molecule has 1 aliphatic heterocycles. The molecule has 22 heavy (non-hydrogen) atoms. The molecule has 0 bridgehead atoms. The molecule has 1 aromatic carbocycles. The van der Waals surface area contributed by atoms with Gasteiger partial charge in [0, 0.05) is 18.3 Å². The summed E-state index contributed by atoms with van der Waals surface area (Å²) in [6, 6.07) is 7.72. The van der Waals surface area contributed by atoms with Gasteiger partial charge in [0.05, 0.1) is 6.54 Å². The van der Waals surface area contributed by atoms with E-state index in [0.29, 0.717) is 6.54 Å². The summed E-state index contributed by atoms with van der Waals surface area (Å²) in [5, 5.41) is 0. The predicted molar refractivity (Wildman–Crippen MR) is 84.8 cm³/mol. The number of para-hydroxylation sites is 1. The SMILES string of the molecule is O=C(CNS(=O)(=O)NC1CCCC1)N1CCc2ccccc21. The molecule has 0 saturated heterocycles. The summed E-state index contributed by atoms with van der Waals surface area (Å²) in [5.41, 5.74) is 2.01. The van der Waals surface area contributed by atoms with Crippen molar-refractivity contribution in [2.45, 2.75) is 38.1 Å². The van der Waals surface area contributed by atoms with Gasteiger partial charge < -0.3 is 4.90 Å². The molecule has 0 radical (unpaired) electrons. The number of rotatable bonds is 5. The van der Waals surface area contributed by atoms with Crippen molar-refractivity contribution in [2.24, 2.45) is 0 Å². The summed E-state index contributed by atoms with van der Waals surface area (Å²) in [5.74, 6) is -0.221. The first-order valence-electron chi connectivity index (χ1n) is 7.70. The van der Waals surface area contributed by atoms with Crippen LogP contribution < -0.4 is 14.3 Å². The Morgan fingerprint density at radius 2 is 1.95 bits per heavy atom. The van der Waals surface area contributed by atoms with Gasteiger partial charge in [0.15, 0.2) is 0 Å². The standard InChI is InChI=1S/C15H21N3O3S/c19-15(18-10-9-12-5-1-4-8-14(12)18)11-16-22(20,21)17-13-6-2-3-7-13/h1,4-5,8,13,16-17H,2-3,6-7,9-11H2. The van der Waals surface area contributed by atoms with E-state index in [1.54, 1.807) is 4.90 Å². The molecular formula is C15H21N3O3S. The van der Waals surface area contributed by atoms with Crippen molar-refractivity contribution < 1.29 is 13.2 Å². The van der Waals surface area contributed by atoms with E-state index in [-0.39, 0.29) is 18.5 Å². The van der Waals surface area contributed by atoms with Crippen LogP contribution in [0.5, 0.6) is 0 Å². The molecule has 0 atom stereocenters. The molecule has 0 spiro atoms. The maximum Gasteiger partial charge on any atom is 0.277 e. The summed E-state index contributed by atoms with van der Waals surface area (Å²) in [6.45, 7) is 0.395. The molecular weight excluding hydrogens is 302 g/mol. The summed E-state index contributed by atoms with van der Waals surface area (Å²) >= 11 is 0. The van der Waals surface area contributed by atoms with E-state index in [1.807, 2.05) is 24.3 Å². The monoisotopic (exact) mass is 323 g/mol. The second-order valence-electron chi connectivity index (χ2n) is 5.85. The van der Waals surface area contributed by atoms with Gasteiger partial charge in [-0.3, -0.25) is 4.79 Å². The predicted octanol–water partition coefficient (Wildman–Crippen LogP) is 0.942. The summed E-state index contributed by atoms with van der Waals surface area (Å²) in [4.78, 5) is 13.9. The van der Waals surface area contributed by atoms with Crippen LogP contribution in [0.4, 0.5) is 5.69 Å². The number of hydrogen-bond acceptors (Lipinski definition) is 3. The zero-order chi connectivity index (χ0) is 15.6. The molecule has 3 rings (SSSR count). The van der Waals surface area contributed by atoms with Crippen LogP contribution in [0.3, 0.4) is 0 Å². The lowest BCUT2D eigenvalue weighted by atomic mass is 10.2. The third-order valence-electron chi connectivity index (χ3n) is 4.28. The fourth-order valence-corrected chi connectivity index (χ4v) is 4.23. The van der Waals surface area contributed by atoms with Crippen molar-refractivity contribution in [1.82, 2.24) is 9.44 Å². The Balaban J connectivity index is 1.56. The normalized spacial score (nSPS) is 18.6. The molecule has 2 aliphatic rings. The molecule has 1 amide bonds. The Hall–Kier alpha value is -1.44. The highest BCUT2D eigenvalue weighted by Crippen LogP contribution is 2.27. The Kier molecular flexibility index (Phi) is 4.46. The van der Waals surface area contributed by atoms with Gasteiger partial charge in [-0.15, -0.1) is 0 Å². The number of nitrogens with zero attached hydrogens (tertiary/aromatic N) is 1. The number of nitrogens with one attached hydrogen (secondary N) is 2. The van der Waals surface area contributed by atoms with Gasteiger partial charge in [-0.2, -0.15) is 17.9 Å². The third-order valence-corrected chi connectivity index (χ3v) is 5.45. The van der Waals surface area contributed by atoms with Crippen LogP contribution in [-0.2, 0) is 21.4 Å². The number of benzene rings is 1. The number of carbonyl (C=O) groups excluding carboxylic acids is 1. The van der Waals surface area contributed by atoms with Gasteiger partial charge in [-0.05, 0) is 30.9 Å². The fourth-order valence-electron chi connectivity index (χ4n) is 3.15. The molecule has 1 aromatic rings. The van der Waals surface area contributed by atoms with E-state index in [2.05, 4.69) is 9.44 Å². The minimum Gasteiger partial charge on any atom is -0.311 e. The van der Waals surface area contributed by atoms with E-state index >= 15 is 0 Å². The Labute approximate surface area is 131 Å². The van der Waals surface area contributed by atoms with Crippen molar-refractivity contribution >= 4 is 21.8 Å². The number of fused-ring (bicyclic) bond motifs is 1. The summed E-state index contributed by atoms with van der Waals surface area (Å²) in [7, 11) is -3.61. The average Bonchev–Trinajstić information content (AvgIpc) is 3.13. The maximum absolute atomic E-state index is 12.3. The average molecular weight is 323 g/mol. The Bertz CT molecular complexity index is 654. The Morgan fingerprint density at radius 3 is 2.73 bits per heavy atom. The largest absolute Gasteiger partial charge is 0.311 e. The minimum atomic E-state index is -3.61. The second-order valence-corrected chi connectivity index (χ2v) is 7.38. The first kappa shape index (κ1) is 15.5. The van der Waals surface area contributed by atoms with Gasteiger partial charge in [-0.1, -0.05) is 31.0 Å². The van der Waals surface area contributed by atoms with Gasteiger partial charge >= 0.3 is 0 Å². The summed E-state index contributed by atoms with van der Waals surface area (Å²) in [6.07, 6.45) is 4.66. The van der Waals surface area contributed by atoms with Crippen LogP contribution in [0.1, 0.15) is 31.2 Å². The van der Waals surface area contributed by atoms with Crippen LogP contribution in [0.15, 0.2) is 24.3 Å². The van der Waals surface area contributed by atoms with Crippen molar-refractivity contribution in [3.8, 4) is 0 Å². The van der Waals surface area contributed by atoms with Gasteiger partial charge in [-0.25, -0.2) is 0 Å². The molecule has 2 N–H and O–H groups in total. The first-order chi connectivity index (χ1) is 10.6. The lowest BCUT2D eigenvalue weighted by Crippen LogP contribution is -2.46. The van der Waals surface area contributed by atoms with Crippen molar-refractivity contribution in [2.75, 3.05) is 18.0 Å². The van der Waals surface area contributed by atoms with E-state index in [4.69, 9.17) is 0 Å². The number of hydrogen-bond donors (Lipinski definition) is 2. The van der Waals surface area contributed by atoms with E-state index in [0.717, 1.165) is 43.4 Å². The molecule has 0 unspecified atom stereocenters. The molecule has 1 fully saturated rings. The maximum atomic E-state index is 12.3. The van der Waals surface area contributed by atoms with Crippen molar-refractivity contribution in [3.63, 3.8) is 0 Å². The molecule has 1 heterocycles. The van der Waals surface area contributed by atoms with Gasteiger partial charge in [0.1, 0.15) is 0 Å². The highest BCUT2D eigenvalue weighted by molar-refractivity contribution is 7.87. The quantitative estimate of drug-likeness (QED) is 0.846. The Morgan fingerprint density at radius 1 is 1.23 bits per heavy atom. The topological polar surface area (TPSA) is 78.5 Å². The number of carbonyl (C=O) groups is 1. The van der Waals surface area contributed by atoms with Crippen LogP contribution in [0.2, 0.25) is 0 Å². The highest BCUT2D eigenvalue weighted by Gasteiger charge is 2.26. The first-order valence-corrected chi connectivity index (χ1v) is 9.19. The zero-order valence-electron chi connectivity index (χ0n) is 12.4. The van der Waals surface area contributed by atoms with Crippen LogP contribution in [-0.4, -0.2) is 33.5 Å². The van der Waals surface area contributed by atoms with E-state index in [9.17, 15) is 13.2 Å². The number of amides is 1. The van der Waals surface area contributed by atoms with Crippen LogP contribution >= 0.6 is 0 Å². The molecule has 6 nitrogen and oxygen atoms in total. The molecule has 120 valence electrons. The van der Waals surface area contributed by atoms with Crippen LogP contribution in [0.25, 0.3) is 0 Å². The summed E-state index contributed by atoms with van der Waals surface area (Å²) < 4.78 is 28.9. The molecule has 0 aromatic heterocycles. The van der Waals surface area contributed by atoms with Gasteiger partial charge in [0.2, 0.25) is 5.91 Å². The molecule has 1 saturated carbocycles. The zero-order valence-corrected chi connectivity index (χ0v) is 13.2. The third kappa shape index (κ3) is 3.48. The lowest BCUT2D eigenvalue weighted by Gasteiger charge is -2.18. The molecule has 7 heteroatoms. The van der Waals surface area contributed by atoms with E-state index in [1.165, 1.54) is 0 Å². The van der Waals surface area contributed by atoms with E-state index < -0.39 is 10.2 Å².